The van der Waals surface area contributed by atoms with E-state index in [9.17, 15) is 9.59 Å². The van der Waals surface area contributed by atoms with Gasteiger partial charge in [0, 0.05) is 17.2 Å². The highest BCUT2D eigenvalue weighted by molar-refractivity contribution is 7.99. The summed E-state index contributed by atoms with van der Waals surface area (Å²) in [5.74, 6) is -0.408. The Labute approximate surface area is 179 Å². The predicted octanol–water partition coefficient (Wildman–Crippen LogP) is 3.87. The van der Waals surface area contributed by atoms with Crippen LogP contribution in [0.2, 0.25) is 0 Å². The van der Waals surface area contributed by atoms with Gasteiger partial charge in [0.25, 0.3) is 0 Å². The van der Waals surface area contributed by atoms with Crippen LogP contribution in [0.1, 0.15) is 45.0 Å². The highest BCUT2D eigenvalue weighted by atomic mass is 32.2. The first kappa shape index (κ1) is 21.9. The number of ether oxygens (including phenoxy) is 2. The Morgan fingerprint density at radius 2 is 2.10 bits per heavy atom. The summed E-state index contributed by atoms with van der Waals surface area (Å²) in [5.41, 5.74) is 3.33. The summed E-state index contributed by atoms with van der Waals surface area (Å²) in [7, 11) is 1.34. The number of hydrogen-bond donors (Lipinski definition) is 1. The number of nitrogens with zero attached hydrogens (tertiary/aromatic N) is 2. The van der Waals surface area contributed by atoms with Gasteiger partial charge >= 0.3 is 5.97 Å². The van der Waals surface area contributed by atoms with E-state index >= 15 is 0 Å². The van der Waals surface area contributed by atoms with Gasteiger partial charge in [-0.1, -0.05) is 11.8 Å². The number of carbonyl (C=O) groups excluding carboxylic acids is 2. The van der Waals surface area contributed by atoms with E-state index in [4.69, 9.17) is 9.47 Å². The number of imidazole rings is 1. The highest BCUT2D eigenvalue weighted by Gasteiger charge is 2.23. The smallest absolute Gasteiger partial charge is 0.341 e. The number of hydrogen-bond acceptors (Lipinski definition) is 7. The van der Waals surface area contributed by atoms with Gasteiger partial charge in [-0.2, -0.15) is 0 Å². The fourth-order valence-corrected chi connectivity index (χ4v) is 5.26. The molecule has 0 spiro atoms. The molecule has 2 aromatic rings. The normalized spacial score (nSPS) is 16.2. The topological polar surface area (TPSA) is 82.5 Å². The molecule has 0 saturated carbocycles. The zero-order chi connectivity index (χ0) is 21.1. The molecule has 158 valence electrons. The molecule has 1 unspecified atom stereocenters. The maximum Gasteiger partial charge on any atom is 0.341 e. The van der Waals surface area contributed by atoms with Gasteiger partial charge in [0.05, 0.1) is 36.8 Å². The number of nitrogens with one attached hydrogen (secondary N) is 1. The van der Waals surface area contributed by atoms with E-state index in [-0.39, 0.29) is 17.8 Å². The summed E-state index contributed by atoms with van der Waals surface area (Å²) >= 11 is 2.78. The molecule has 1 N–H and O–H groups in total. The van der Waals surface area contributed by atoms with Crippen molar-refractivity contribution in [3.8, 4) is 0 Å². The molecule has 3 rings (SSSR count). The van der Waals surface area contributed by atoms with Crippen LogP contribution >= 0.6 is 23.1 Å². The van der Waals surface area contributed by atoms with E-state index in [1.165, 1.54) is 30.2 Å². The Balaban J connectivity index is 1.68. The second-order valence-corrected chi connectivity index (χ2v) is 9.29. The van der Waals surface area contributed by atoms with Crippen molar-refractivity contribution in [1.29, 1.82) is 0 Å². The molecule has 0 aromatic carbocycles. The zero-order valence-corrected chi connectivity index (χ0v) is 19.1. The van der Waals surface area contributed by atoms with Crippen molar-refractivity contribution >= 4 is 40.0 Å². The second-order valence-electron chi connectivity index (χ2n) is 7.13. The minimum Gasteiger partial charge on any atom is -0.465 e. The SMILES string of the molecule is COC(=O)c1c(NC(=O)CSc2nc(C)c(C)n2CC2CCCO2)sc(C)c1C. The maximum absolute atomic E-state index is 12.6. The van der Waals surface area contributed by atoms with Gasteiger partial charge in [-0.3, -0.25) is 4.79 Å². The third kappa shape index (κ3) is 4.84. The molecule has 1 saturated heterocycles. The van der Waals surface area contributed by atoms with Crippen LogP contribution in [0.3, 0.4) is 0 Å². The average molecular weight is 438 g/mol. The number of esters is 1. The van der Waals surface area contributed by atoms with Crippen molar-refractivity contribution in [2.45, 2.75) is 58.3 Å². The molecule has 29 heavy (non-hydrogen) atoms. The van der Waals surface area contributed by atoms with Crippen LogP contribution in [0, 0.1) is 27.7 Å². The lowest BCUT2D eigenvalue weighted by atomic mass is 10.1. The van der Waals surface area contributed by atoms with Crippen molar-refractivity contribution < 1.29 is 19.1 Å². The summed E-state index contributed by atoms with van der Waals surface area (Å²) in [6.07, 6.45) is 2.34. The minimum atomic E-state index is -0.437. The predicted molar refractivity (Wildman–Crippen MR) is 115 cm³/mol. The summed E-state index contributed by atoms with van der Waals surface area (Å²) in [4.78, 5) is 30.3. The lowest BCUT2D eigenvalue weighted by Gasteiger charge is -2.14. The van der Waals surface area contributed by atoms with Gasteiger partial charge in [0.2, 0.25) is 5.91 Å². The first-order valence-corrected chi connectivity index (χ1v) is 11.4. The van der Waals surface area contributed by atoms with E-state index < -0.39 is 5.97 Å². The number of thioether (sulfide) groups is 1. The third-order valence-electron chi connectivity index (χ3n) is 5.19. The number of aromatic nitrogens is 2. The Morgan fingerprint density at radius 3 is 2.76 bits per heavy atom. The molecular formula is C20H27N3O4S2. The lowest BCUT2D eigenvalue weighted by Crippen LogP contribution is -2.18. The van der Waals surface area contributed by atoms with Crippen molar-refractivity contribution in [3.05, 3.63) is 27.4 Å². The molecule has 1 aliphatic heterocycles. The molecule has 2 aromatic heterocycles. The second kappa shape index (κ2) is 9.32. The van der Waals surface area contributed by atoms with Crippen LogP contribution in [-0.2, 0) is 20.8 Å². The molecule has 0 radical (unpaired) electrons. The molecule has 0 aliphatic carbocycles. The number of anilines is 1. The number of methoxy groups -OCH3 is 1. The van der Waals surface area contributed by atoms with Crippen molar-refractivity contribution in [2.75, 3.05) is 24.8 Å². The van der Waals surface area contributed by atoms with E-state index in [1.54, 1.807) is 0 Å². The Kier molecular flexibility index (Phi) is 7.02. The standard InChI is InChI=1S/C20H27N3O4S2/c1-11-14(4)29-18(17(11)19(25)26-5)22-16(24)10-28-20-21-12(2)13(3)23(20)9-15-7-6-8-27-15/h15H,6-10H2,1-5H3,(H,22,24). The number of rotatable bonds is 7. The fraction of sp³-hybridized carbons (Fsp3) is 0.550. The number of thiophene rings is 1. The van der Waals surface area contributed by atoms with Crippen LogP contribution in [-0.4, -0.2) is 47.0 Å². The summed E-state index contributed by atoms with van der Waals surface area (Å²) in [6.45, 7) is 9.36. The first-order valence-electron chi connectivity index (χ1n) is 9.58. The molecule has 9 heteroatoms. The minimum absolute atomic E-state index is 0.177. The summed E-state index contributed by atoms with van der Waals surface area (Å²) in [6, 6.07) is 0. The van der Waals surface area contributed by atoms with E-state index in [0.717, 1.165) is 53.0 Å². The molecule has 1 atom stereocenters. The van der Waals surface area contributed by atoms with E-state index in [1.807, 2.05) is 27.7 Å². The van der Waals surface area contributed by atoms with E-state index in [0.29, 0.717) is 10.6 Å². The Bertz CT molecular complexity index is 913. The van der Waals surface area contributed by atoms with Crippen LogP contribution in [0.4, 0.5) is 5.00 Å². The molecular weight excluding hydrogens is 410 g/mol. The third-order valence-corrected chi connectivity index (χ3v) is 7.29. The number of aryl methyl sites for hydroxylation is 2. The quantitative estimate of drug-likeness (QED) is 0.523. The van der Waals surface area contributed by atoms with Gasteiger partial charge < -0.3 is 19.4 Å². The maximum atomic E-state index is 12.6. The van der Waals surface area contributed by atoms with E-state index in [2.05, 4.69) is 14.9 Å². The molecule has 1 fully saturated rings. The largest absolute Gasteiger partial charge is 0.465 e. The van der Waals surface area contributed by atoms with Gasteiger partial charge in [-0.15, -0.1) is 11.3 Å². The molecule has 0 bridgehead atoms. The molecule has 1 amide bonds. The monoisotopic (exact) mass is 437 g/mol. The number of carbonyl (C=O) groups is 2. The zero-order valence-electron chi connectivity index (χ0n) is 17.5. The average Bonchev–Trinajstić information content (AvgIpc) is 3.36. The van der Waals surface area contributed by atoms with Gasteiger partial charge in [-0.05, 0) is 46.1 Å². The first-order chi connectivity index (χ1) is 13.8. The van der Waals surface area contributed by atoms with Crippen molar-refractivity contribution in [1.82, 2.24) is 9.55 Å². The fourth-order valence-electron chi connectivity index (χ4n) is 3.30. The van der Waals surface area contributed by atoms with Crippen LogP contribution < -0.4 is 5.32 Å². The highest BCUT2D eigenvalue weighted by Crippen LogP contribution is 2.33. The van der Waals surface area contributed by atoms with Crippen molar-refractivity contribution in [3.63, 3.8) is 0 Å². The Morgan fingerprint density at radius 1 is 1.34 bits per heavy atom. The Hall–Kier alpha value is -1.84. The van der Waals surface area contributed by atoms with Crippen LogP contribution in [0.5, 0.6) is 0 Å². The molecule has 1 aliphatic rings. The van der Waals surface area contributed by atoms with Crippen molar-refractivity contribution in [2.24, 2.45) is 0 Å². The van der Waals surface area contributed by atoms with Crippen LogP contribution in [0.15, 0.2) is 5.16 Å². The number of amides is 1. The molecule has 3 heterocycles. The van der Waals surface area contributed by atoms with Crippen LogP contribution in [0.25, 0.3) is 0 Å². The summed E-state index contributed by atoms with van der Waals surface area (Å²) < 4.78 is 12.8. The lowest BCUT2D eigenvalue weighted by molar-refractivity contribution is -0.113. The van der Waals surface area contributed by atoms with Gasteiger partial charge in [-0.25, -0.2) is 9.78 Å². The summed E-state index contributed by atoms with van der Waals surface area (Å²) in [5, 5.41) is 4.22. The van der Waals surface area contributed by atoms with Gasteiger partial charge in [0.15, 0.2) is 5.16 Å². The molecule has 7 nitrogen and oxygen atoms in total. The van der Waals surface area contributed by atoms with Gasteiger partial charge in [0.1, 0.15) is 5.00 Å².